The maximum Gasteiger partial charge on any atom is 0.338 e. The first-order valence-electron chi connectivity index (χ1n) is 11.1. The molecule has 4 aromatic heterocycles. The van der Waals surface area contributed by atoms with Crippen molar-refractivity contribution < 1.29 is 23.5 Å². The van der Waals surface area contributed by atoms with Gasteiger partial charge in [-0.3, -0.25) is 0 Å². The zero-order chi connectivity index (χ0) is 23.6. The number of aromatic carboxylic acids is 1. The summed E-state index contributed by atoms with van der Waals surface area (Å²) in [6.45, 7) is 6.23. The van der Waals surface area contributed by atoms with Crippen LogP contribution in [-0.2, 0) is 17.8 Å². The average molecular weight is 454 g/mol. The largest absolute Gasteiger partial charge is 0.478 e. The Bertz CT molecular complexity index is 1580. The summed E-state index contributed by atoms with van der Waals surface area (Å²) in [5.74, 6) is -1.05. The van der Waals surface area contributed by atoms with E-state index in [0.717, 1.165) is 33.3 Å². The van der Waals surface area contributed by atoms with Crippen LogP contribution < -0.4 is 0 Å². The van der Waals surface area contributed by atoms with Crippen LogP contribution in [0.2, 0.25) is 0 Å². The number of rotatable bonds is 3. The molecule has 1 aliphatic rings. The summed E-state index contributed by atoms with van der Waals surface area (Å²) in [7, 11) is 0. The third-order valence-electron chi connectivity index (χ3n) is 6.43. The Hall–Kier alpha value is -3.97. The fraction of sp³-hybridized carbons (Fsp3) is 0.222. The maximum atomic E-state index is 12.3. The minimum absolute atomic E-state index is 0.130. The van der Waals surface area contributed by atoms with Gasteiger partial charge in [0.25, 0.3) is 0 Å². The molecule has 0 aliphatic carbocycles. The zero-order valence-electron chi connectivity index (χ0n) is 19.0. The molecule has 1 aliphatic heterocycles. The molecule has 1 aromatic carbocycles. The van der Waals surface area contributed by atoms with Crippen LogP contribution in [0.25, 0.3) is 44.6 Å². The van der Waals surface area contributed by atoms with E-state index in [4.69, 9.17) is 23.5 Å². The molecule has 6 rings (SSSR count). The Labute approximate surface area is 195 Å². The number of aryl methyl sites for hydroxylation is 1. The number of fused-ring (bicyclic) bond motifs is 5. The van der Waals surface area contributed by atoms with Gasteiger partial charge in [0.2, 0.25) is 5.71 Å². The third kappa shape index (κ3) is 3.04. The second-order valence-corrected chi connectivity index (χ2v) is 9.23. The van der Waals surface area contributed by atoms with E-state index in [1.54, 1.807) is 19.5 Å². The lowest BCUT2D eigenvalue weighted by atomic mass is 9.88. The minimum atomic E-state index is -1.05. The fourth-order valence-corrected chi connectivity index (χ4v) is 4.89. The number of carbonyl (C=O) groups is 1. The second-order valence-electron chi connectivity index (χ2n) is 9.23. The average Bonchev–Trinajstić information content (AvgIpc) is 3.45. The molecule has 0 saturated carbocycles. The summed E-state index contributed by atoms with van der Waals surface area (Å²) < 4.78 is 17.8. The molecule has 0 saturated heterocycles. The summed E-state index contributed by atoms with van der Waals surface area (Å²) in [6.07, 6.45) is 3.90. The molecule has 0 atom stereocenters. The lowest BCUT2D eigenvalue weighted by molar-refractivity contribution is -0.0395. The molecule has 7 nitrogen and oxygen atoms in total. The van der Waals surface area contributed by atoms with Crippen LogP contribution in [-0.4, -0.2) is 26.6 Å². The van der Waals surface area contributed by atoms with Crippen molar-refractivity contribution in [3.8, 4) is 22.4 Å². The highest BCUT2D eigenvalue weighted by Gasteiger charge is 2.34. The number of furan rings is 2. The number of carboxylic acids is 1. The van der Waals surface area contributed by atoms with Gasteiger partial charge in [-0.15, -0.1) is 0 Å². The van der Waals surface area contributed by atoms with Crippen LogP contribution in [0.1, 0.15) is 41.0 Å². The Morgan fingerprint density at radius 2 is 1.85 bits per heavy atom. The van der Waals surface area contributed by atoms with Gasteiger partial charge in [-0.2, -0.15) is 0 Å². The van der Waals surface area contributed by atoms with E-state index in [1.807, 2.05) is 36.4 Å². The molecule has 170 valence electrons. The van der Waals surface area contributed by atoms with Gasteiger partial charge in [0.15, 0.2) is 5.58 Å². The Balaban J connectivity index is 1.78. The van der Waals surface area contributed by atoms with Crippen molar-refractivity contribution in [1.29, 1.82) is 0 Å². The highest BCUT2D eigenvalue weighted by Crippen LogP contribution is 2.44. The van der Waals surface area contributed by atoms with E-state index in [9.17, 15) is 9.90 Å². The van der Waals surface area contributed by atoms with Crippen molar-refractivity contribution in [2.24, 2.45) is 0 Å². The van der Waals surface area contributed by atoms with Crippen molar-refractivity contribution >= 4 is 28.2 Å². The van der Waals surface area contributed by atoms with E-state index in [2.05, 4.69) is 13.8 Å². The van der Waals surface area contributed by atoms with Crippen molar-refractivity contribution in [1.82, 2.24) is 9.97 Å². The van der Waals surface area contributed by atoms with Crippen LogP contribution in [0, 0.1) is 6.92 Å². The molecule has 0 spiro atoms. The topological polar surface area (TPSA) is 98.6 Å². The van der Waals surface area contributed by atoms with Crippen LogP contribution in [0.4, 0.5) is 0 Å². The maximum absolute atomic E-state index is 12.3. The quantitative estimate of drug-likeness (QED) is 0.348. The number of ether oxygens (including phenoxy) is 1. The summed E-state index contributed by atoms with van der Waals surface area (Å²) in [4.78, 5) is 21.9. The molecule has 0 fully saturated rings. The van der Waals surface area contributed by atoms with Crippen molar-refractivity contribution in [3.63, 3.8) is 0 Å². The SMILES string of the molecule is Cc1nc2c(oc3nc(-c4ccoc4)c4c(c32)CC(C)(C)OC4)c(-c2ccccc2)c1C(=O)O. The van der Waals surface area contributed by atoms with Crippen LogP contribution in [0.15, 0.2) is 57.8 Å². The normalized spacial score (nSPS) is 15.0. The number of aromatic nitrogens is 2. The van der Waals surface area contributed by atoms with E-state index in [-0.39, 0.29) is 11.2 Å². The van der Waals surface area contributed by atoms with Crippen molar-refractivity contribution in [2.75, 3.05) is 0 Å². The number of hydrogen-bond donors (Lipinski definition) is 1. The molecule has 0 unspecified atom stereocenters. The van der Waals surface area contributed by atoms with Gasteiger partial charge in [-0.05, 0) is 38.0 Å². The lowest BCUT2D eigenvalue weighted by Crippen LogP contribution is -2.32. The van der Waals surface area contributed by atoms with Crippen molar-refractivity contribution in [2.45, 2.75) is 39.4 Å². The van der Waals surface area contributed by atoms with Crippen LogP contribution in [0.3, 0.4) is 0 Å². The van der Waals surface area contributed by atoms with Crippen molar-refractivity contribution in [3.05, 3.63) is 71.3 Å². The van der Waals surface area contributed by atoms with Gasteiger partial charge < -0.3 is 18.7 Å². The Morgan fingerprint density at radius 3 is 2.56 bits per heavy atom. The molecular weight excluding hydrogens is 432 g/mol. The smallest absolute Gasteiger partial charge is 0.338 e. The number of nitrogens with zero attached hydrogens (tertiary/aromatic N) is 2. The monoisotopic (exact) mass is 454 g/mol. The highest BCUT2D eigenvalue weighted by molar-refractivity contribution is 6.13. The van der Waals surface area contributed by atoms with Gasteiger partial charge in [-0.1, -0.05) is 30.3 Å². The fourth-order valence-electron chi connectivity index (χ4n) is 4.89. The first-order chi connectivity index (χ1) is 16.3. The molecule has 0 radical (unpaired) electrons. The number of carboxylic acid groups (broad SMARTS) is 1. The summed E-state index contributed by atoms with van der Waals surface area (Å²) in [5.41, 5.74) is 6.52. The van der Waals surface area contributed by atoms with E-state index >= 15 is 0 Å². The molecule has 0 amide bonds. The zero-order valence-corrected chi connectivity index (χ0v) is 19.0. The third-order valence-corrected chi connectivity index (χ3v) is 6.43. The summed E-state index contributed by atoms with van der Waals surface area (Å²) >= 11 is 0. The molecular formula is C27H22N2O5. The number of pyridine rings is 2. The van der Waals surface area contributed by atoms with Gasteiger partial charge in [0.05, 0.1) is 47.1 Å². The first kappa shape index (κ1) is 20.6. The Morgan fingerprint density at radius 1 is 1.06 bits per heavy atom. The second kappa shape index (κ2) is 7.27. The predicted molar refractivity (Wildman–Crippen MR) is 127 cm³/mol. The lowest BCUT2D eigenvalue weighted by Gasteiger charge is -2.32. The summed E-state index contributed by atoms with van der Waals surface area (Å²) in [6, 6.07) is 11.3. The van der Waals surface area contributed by atoms with Gasteiger partial charge in [-0.25, -0.2) is 14.8 Å². The van der Waals surface area contributed by atoms with E-state index in [0.29, 0.717) is 41.1 Å². The number of benzene rings is 1. The molecule has 1 N–H and O–H groups in total. The van der Waals surface area contributed by atoms with E-state index in [1.165, 1.54) is 0 Å². The Kier molecular flexibility index (Phi) is 4.41. The van der Waals surface area contributed by atoms with Gasteiger partial charge in [0.1, 0.15) is 5.52 Å². The van der Waals surface area contributed by atoms with Gasteiger partial charge >= 0.3 is 5.97 Å². The van der Waals surface area contributed by atoms with Gasteiger partial charge in [0, 0.05) is 23.1 Å². The first-order valence-corrected chi connectivity index (χ1v) is 11.1. The van der Waals surface area contributed by atoms with E-state index < -0.39 is 5.97 Å². The molecule has 0 bridgehead atoms. The molecule has 5 heterocycles. The molecule has 7 heteroatoms. The highest BCUT2D eigenvalue weighted by atomic mass is 16.5. The minimum Gasteiger partial charge on any atom is -0.478 e. The summed E-state index contributed by atoms with van der Waals surface area (Å²) in [5, 5.41) is 10.9. The standard InChI is InChI=1S/C27H22N2O5/c1-14-19(26(30)31)20(15-7-5-4-6-8-15)24-23(28-14)21-17-11-27(2,3)33-13-18(17)22(29-25(21)34-24)16-9-10-32-12-16/h4-10,12H,11,13H2,1-3H3,(H,30,31). The molecule has 5 aromatic rings. The van der Waals surface area contributed by atoms with Crippen LogP contribution in [0.5, 0.6) is 0 Å². The predicted octanol–water partition coefficient (Wildman–Crippen LogP) is 6.16. The number of hydrogen-bond acceptors (Lipinski definition) is 6. The molecule has 34 heavy (non-hydrogen) atoms. The van der Waals surface area contributed by atoms with Crippen LogP contribution >= 0.6 is 0 Å².